The average molecular weight is 1110 g/mol. The largest absolute Gasteiger partial charge is 0.490 e. The van der Waals surface area contributed by atoms with Gasteiger partial charge in [-0.1, -0.05) is 151 Å². The molecule has 0 N–H and O–H groups in total. The van der Waals surface area contributed by atoms with Gasteiger partial charge in [0.15, 0.2) is 0 Å². The smallest absolute Gasteiger partial charge is 0.147 e. The monoisotopic (exact) mass is 1100 g/mol. The first-order valence-corrected chi connectivity index (χ1v) is 23.5. The standard InChI is InChI=1S/C37H53Br7O3/c1-2-3-4-5-6-7-8-9-10-11-12-13-14-15-16-17-18-45-25-31(40)27-47-37-34(43)22-29(23-35(37)44)19-28-20-32(41)36(33(42)21-28)46-26-30(39)24-38/h20-23,30-31H,2-19,24-27H2,1H3. The van der Waals surface area contributed by atoms with Crippen molar-refractivity contribution in [2.24, 2.45) is 0 Å². The lowest BCUT2D eigenvalue weighted by Gasteiger charge is -2.16. The molecule has 0 saturated carbocycles. The first kappa shape index (κ1) is 44.5. The van der Waals surface area contributed by atoms with Crippen LogP contribution in [0.4, 0.5) is 0 Å². The fourth-order valence-corrected chi connectivity index (χ4v) is 9.00. The lowest BCUT2D eigenvalue weighted by atomic mass is 10.0. The number of alkyl halides is 3. The second-order valence-electron chi connectivity index (χ2n) is 12.3. The van der Waals surface area contributed by atoms with Gasteiger partial charge in [0.2, 0.25) is 0 Å². The van der Waals surface area contributed by atoms with Crippen molar-refractivity contribution in [2.75, 3.05) is 31.8 Å². The van der Waals surface area contributed by atoms with Gasteiger partial charge in [0.1, 0.15) is 24.7 Å². The van der Waals surface area contributed by atoms with Crippen molar-refractivity contribution in [3.8, 4) is 11.5 Å². The molecule has 0 spiro atoms. The molecule has 0 fully saturated rings. The minimum atomic E-state index is 0.131. The van der Waals surface area contributed by atoms with Crippen LogP contribution in [0.3, 0.4) is 0 Å². The molecule has 3 nitrogen and oxygen atoms in total. The third-order valence-corrected chi connectivity index (χ3v) is 13.1. The summed E-state index contributed by atoms with van der Waals surface area (Å²) in [4.78, 5) is 0.379. The average Bonchev–Trinajstić information content (AvgIpc) is 3.03. The normalized spacial score (nSPS) is 12.8. The van der Waals surface area contributed by atoms with E-state index in [4.69, 9.17) is 14.2 Å². The minimum absolute atomic E-state index is 0.131. The zero-order chi connectivity index (χ0) is 34.3. The van der Waals surface area contributed by atoms with Crippen molar-refractivity contribution in [2.45, 2.75) is 126 Å². The predicted molar refractivity (Wildman–Crippen MR) is 227 cm³/mol. The summed E-state index contributed by atoms with van der Waals surface area (Å²) in [7, 11) is 0. The molecule has 0 saturated heterocycles. The van der Waals surface area contributed by atoms with Crippen molar-refractivity contribution in [1.29, 1.82) is 0 Å². The number of rotatable bonds is 28. The zero-order valence-electron chi connectivity index (χ0n) is 27.9. The number of hydrogen-bond donors (Lipinski definition) is 0. The van der Waals surface area contributed by atoms with E-state index >= 15 is 0 Å². The van der Waals surface area contributed by atoms with Crippen molar-refractivity contribution in [3.63, 3.8) is 0 Å². The van der Waals surface area contributed by atoms with E-state index in [1.54, 1.807) is 0 Å². The second-order valence-corrected chi connectivity index (χ2v) is 19.0. The Hall–Kier alpha value is 1.36. The van der Waals surface area contributed by atoms with Gasteiger partial charge in [-0.3, -0.25) is 0 Å². The lowest BCUT2D eigenvalue weighted by Crippen LogP contribution is -2.18. The number of ether oxygens (including phenoxy) is 3. The van der Waals surface area contributed by atoms with Crippen LogP contribution < -0.4 is 9.47 Å². The Morgan fingerprint density at radius 1 is 0.511 bits per heavy atom. The molecular weight excluding hydrogens is 1050 g/mol. The molecule has 0 bridgehead atoms. The summed E-state index contributed by atoms with van der Waals surface area (Å²) < 4.78 is 21.8. The number of hydrogen-bond acceptors (Lipinski definition) is 3. The molecule has 0 aliphatic carbocycles. The van der Waals surface area contributed by atoms with Crippen LogP contribution in [-0.4, -0.2) is 41.4 Å². The Balaban J connectivity index is 1.56. The predicted octanol–water partition coefficient (Wildman–Crippen LogP) is 15.3. The molecule has 0 amide bonds. The van der Waals surface area contributed by atoms with Gasteiger partial charge in [0, 0.05) is 11.9 Å². The molecule has 2 aromatic rings. The molecule has 10 heteroatoms. The van der Waals surface area contributed by atoms with Crippen LogP contribution in [0.2, 0.25) is 0 Å². The van der Waals surface area contributed by atoms with Gasteiger partial charge in [-0.25, -0.2) is 0 Å². The van der Waals surface area contributed by atoms with Gasteiger partial charge in [-0.05, 0) is 112 Å². The van der Waals surface area contributed by atoms with Crippen LogP contribution in [0.15, 0.2) is 42.2 Å². The molecular formula is C37H53Br7O3. The van der Waals surface area contributed by atoms with E-state index < -0.39 is 0 Å². The Bertz CT molecular complexity index is 1070. The first-order chi connectivity index (χ1) is 22.7. The van der Waals surface area contributed by atoms with Crippen molar-refractivity contribution in [3.05, 3.63) is 53.3 Å². The van der Waals surface area contributed by atoms with Crippen LogP contribution in [0.25, 0.3) is 0 Å². The highest BCUT2D eigenvalue weighted by molar-refractivity contribution is 9.12. The molecule has 0 heterocycles. The highest BCUT2D eigenvalue weighted by atomic mass is 79.9. The van der Waals surface area contributed by atoms with E-state index in [9.17, 15) is 0 Å². The van der Waals surface area contributed by atoms with E-state index in [0.29, 0.717) is 19.8 Å². The van der Waals surface area contributed by atoms with Crippen LogP contribution in [-0.2, 0) is 11.2 Å². The summed E-state index contributed by atoms with van der Waals surface area (Å²) in [6.07, 6.45) is 22.9. The minimum Gasteiger partial charge on any atom is -0.490 e. The summed E-state index contributed by atoms with van der Waals surface area (Å²) >= 11 is 25.6. The Kier molecular flexibility index (Phi) is 26.5. The third-order valence-electron chi connectivity index (χ3n) is 7.95. The van der Waals surface area contributed by atoms with E-state index in [-0.39, 0.29) is 9.65 Å². The number of unbranched alkanes of at least 4 members (excludes halogenated alkanes) is 15. The molecule has 0 aromatic heterocycles. The Morgan fingerprint density at radius 3 is 1.26 bits per heavy atom. The van der Waals surface area contributed by atoms with Crippen LogP contribution in [0, 0.1) is 0 Å². The summed E-state index contributed by atoms with van der Waals surface area (Å²) in [5.74, 6) is 1.61. The highest BCUT2D eigenvalue weighted by Gasteiger charge is 2.15. The quantitative estimate of drug-likeness (QED) is 0.0628. The molecule has 2 aromatic carbocycles. The molecule has 0 aliphatic rings. The highest BCUT2D eigenvalue weighted by Crippen LogP contribution is 2.38. The first-order valence-electron chi connectivity index (χ1n) is 17.4. The van der Waals surface area contributed by atoms with Crippen LogP contribution in [0.5, 0.6) is 11.5 Å². The molecule has 2 rings (SSSR count). The fraction of sp³-hybridized carbons (Fsp3) is 0.676. The van der Waals surface area contributed by atoms with Gasteiger partial charge in [-0.15, -0.1) is 0 Å². The zero-order valence-corrected chi connectivity index (χ0v) is 39.0. The summed E-state index contributed by atoms with van der Waals surface area (Å²) in [6, 6.07) is 8.46. The van der Waals surface area contributed by atoms with Crippen molar-refractivity contribution >= 4 is 112 Å². The molecule has 2 atom stereocenters. The SMILES string of the molecule is CCCCCCCCCCCCCCCCCCOCC(Br)COc1c(Br)cc(Cc2cc(Br)c(OCC(Br)CBr)c(Br)c2)cc1Br. The Labute approximate surface area is 344 Å². The molecule has 47 heavy (non-hydrogen) atoms. The maximum atomic E-state index is 6.17. The van der Waals surface area contributed by atoms with Gasteiger partial charge in [0.25, 0.3) is 0 Å². The van der Waals surface area contributed by atoms with Crippen LogP contribution >= 0.6 is 112 Å². The van der Waals surface area contributed by atoms with Crippen molar-refractivity contribution < 1.29 is 14.2 Å². The van der Waals surface area contributed by atoms with E-state index in [2.05, 4.69) is 143 Å². The molecule has 268 valence electrons. The molecule has 0 aliphatic heterocycles. The van der Waals surface area contributed by atoms with Crippen LogP contribution in [0.1, 0.15) is 121 Å². The molecule has 0 radical (unpaired) electrons. The fourth-order valence-electron chi connectivity index (χ4n) is 5.34. The maximum absolute atomic E-state index is 6.17. The van der Waals surface area contributed by atoms with Gasteiger partial charge < -0.3 is 14.2 Å². The number of benzene rings is 2. The van der Waals surface area contributed by atoms with E-state index in [0.717, 1.165) is 54.2 Å². The lowest BCUT2D eigenvalue weighted by molar-refractivity contribution is 0.121. The van der Waals surface area contributed by atoms with E-state index in [1.165, 1.54) is 107 Å². The number of halogens is 7. The summed E-state index contributed by atoms with van der Waals surface area (Å²) in [6.45, 7) is 4.85. The third kappa shape index (κ3) is 20.3. The van der Waals surface area contributed by atoms with Gasteiger partial charge in [-0.2, -0.15) is 0 Å². The van der Waals surface area contributed by atoms with E-state index in [1.807, 2.05) is 0 Å². The maximum Gasteiger partial charge on any atom is 0.147 e. The van der Waals surface area contributed by atoms with Gasteiger partial charge >= 0.3 is 0 Å². The second kappa shape index (κ2) is 27.9. The summed E-state index contributed by atoms with van der Waals surface area (Å²) in [5, 5.41) is 0.827. The topological polar surface area (TPSA) is 27.7 Å². The van der Waals surface area contributed by atoms with Crippen molar-refractivity contribution in [1.82, 2.24) is 0 Å². The summed E-state index contributed by atoms with van der Waals surface area (Å²) in [5.41, 5.74) is 2.34. The molecule has 2 unspecified atom stereocenters. The Morgan fingerprint density at radius 2 is 0.872 bits per heavy atom. The van der Waals surface area contributed by atoms with Gasteiger partial charge in [0.05, 0.1) is 34.2 Å².